The summed E-state index contributed by atoms with van der Waals surface area (Å²) in [5.41, 5.74) is 3.35. The van der Waals surface area contributed by atoms with Gasteiger partial charge in [-0.25, -0.2) is 9.36 Å². The summed E-state index contributed by atoms with van der Waals surface area (Å²) in [5.74, 6) is 0.258. The zero-order valence-electron chi connectivity index (χ0n) is 19.5. The van der Waals surface area contributed by atoms with Gasteiger partial charge in [0.2, 0.25) is 5.78 Å². The highest BCUT2D eigenvalue weighted by atomic mass is 16.2. The molecule has 8 nitrogen and oxygen atoms in total. The van der Waals surface area contributed by atoms with Gasteiger partial charge in [0.25, 0.3) is 5.56 Å². The summed E-state index contributed by atoms with van der Waals surface area (Å²) in [6, 6.07) is 17.1. The van der Waals surface area contributed by atoms with Crippen LogP contribution in [0.15, 0.2) is 70.4 Å². The van der Waals surface area contributed by atoms with Crippen LogP contribution in [0.1, 0.15) is 32.4 Å². The van der Waals surface area contributed by atoms with Crippen LogP contribution in [0, 0.1) is 0 Å². The number of imidazole rings is 2. The molecule has 5 rings (SSSR count). The Hall–Kier alpha value is -4.20. The van der Waals surface area contributed by atoms with E-state index in [1.807, 2.05) is 59.3 Å². The van der Waals surface area contributed by atoms with Crippen LogP contribution in [0.2, 0.25) is 0 Å². The third-order valence-electron chi connectivity index (χ3n) is 6.46. The minimum absolute atomic E-state index is 0.259. The summed E-state index contributed by atoms with van der Waals surface area (Å²) in [7, 11) is 1.57. The van der Waals surface area contributed by atoms with Gasteiger partial charge in [-0.3, -0.25) is 23.1 Å². The summed E-state index contributed by atoms with van der Waals surface area (Å²) in [6.07, 6.45) is 2.69. The summed E-state index contributed by atoms with van der Waals surface area (Å²) < 4.78 is 6.10. The number of nitrogens with zero attached hydrogens (tertiary/aromatic N) is 5. The molecule has 0 aliphatic rings. The summed E-state index contributed by atoms with van der Waals surface area (Å²) >= 11 is 0. The predicted octanol–water partition coefficient (Wildman–Crippen LogP) is 3.52. The Morgan fingerprint density at radius 2 is 1.71 bits per heavy atom. The molecular weight excluding hydrogens is 430 g/mol. The van der Waals surface area contributed by atoms with Crippen molar-refractivity contribution in [1.29, 1.82) is 0 Å². The molecule has 0 radical (unpaired) electrons. The number of aromatic nitrogens is 5. The highest BCUT2D eigenvalue weighted by molar-refractivity contribution is 5.82. The largest absolute Gasteiger partial charge is 0.333 e. The van der Waals surface area contributed by atoms with Crippen LogP contribution in [-0.2, 0) is 18.3 Å². The van der Waals surface area contributed by atoms with Crippen molar-refractivity contribution in [3.8, 4) is 16.9 Å². The van der Waals surface area contributed by atoms with E-state index >= 15 is 0 Å². The van der Waals surface area contributed by atoms with E-state index in [2.05, 4.69) is 13.0 Å². The zero-order valence-corrected chi connectivity index (χ0v) is 19.5. The molecule has 0 saturated carbocycles. The number of hydrogen-bond donors (Lipinski definition) is 0. The first-order chi connectivity index (χ1) is 16.3. The van der Waals surface area contributed by atoms with Crippen molar-refractivity contribution in [2.45, 2.75) is 33.2 Å². The average molecular weight is 456 g/mol. The first-order valence-electron chi connectivity index (χ1n) is 11.2. The van der Waals surface area contributed by atoms with E-state index in [1.54, 1.807) is 18.4 Å². The molecule has 0 fully saturated rings. The number of fused-ring (bicyclic) bond motifs is 3. The van der Waals surface area contributed by atoms with E-state index < -0.39 is 17.3 Å². The molecule has 172 valence electrons. The van der Waals surface area contributed by atoms with Crippen LogP contribution in [-0.4, -0.2) is 28.9 Å². The summed E-state index contributed by atoms with van der Waals surface area (Å²) in [4.78, 5) is 43.4. The molecule has 0 N–H and O–H groups in total. The van der Waals surface area contributed by atoms with Gasteiger partial charge in [0.05, 0.1) is 17.4 Å². The highest BCUT2D eigenvalue weighted by Crippen LogP contribution is 2.30. The number of ketones is 1. The van der Waals surface area contributed by atoms with Gasteiger partial charge < -0.3 is 0 Å². The Balaban J connectivity index is 1.97. The second-order valence-corrected chi connectivity index (χ2v) is 8.46. The molecule has 5 aromatic rings. The smallest absolute Gasteiger partial charge is 0.298 e. The molecule has 3 heterocycles. The zero-order chi connectivity index (χ0) is 24.1. The van der Waals surface area contributed by atoms with Gasteiger partial charge in [0.1, 0.15) is 0 Å². The summed E-state index contributed by atoms with van der Waals surface area (Å²) in [6.45, 7) is 5.03. The Morgan fingerprint density at radius 1 is 1.03 bits per heavy atom. The third kappa shape index (κ3) is 3.06. The Labute approximate surface area is 195 Å². The molecule has 0 aliphatic heterocycles. The lowest BCUT2D eigenvalue weighted by molar-refractivity contribution is -0.119. The quantitative estimate of drug-likeness (QED) is 0.406. The Kier molecular flexibility index (Phi) is 5.08. The fourth-order valence-electron chi connectivity index (χ4n) is 4.46. The van der Waals surface area contributed by atoms with Crippen LogP contribution < -0.4 is 11.2 Å². The van der Waals surface area contributed by atoms with Crippen LogP contribution >= 0.6 is 0 Å². The Bertz CT molecular complexity index is 1690. The minimum atomic E-state index is -0.877. The molecule has 1 unspecified atom stereocenters. The van der Waals surface area contributed by atoms with Gasteiger partial charge in [-0.1, -0.05) is 55.5 Å². The molecule has 0 bridgehead atoms. The lowest BCUT2D eigenvalue weighted by Crippen LogP contribution is -2.42. The van der Waals surface area contributed by atoms with Crippen molar-refractivity contribution >= 4 is 22.7 Å². The van der Waals surface area contributed by atoms with E-state index in [-0.39, 0.29) is 16.9 Å². The molecule has 8 heteroatoms. The number of carbonyl (C=O) groups excluding carboxylic acids is 1. The maximum Gasteiger partial charge on any atom is 0.333 e. The van der Waals surface area contributed by atoms with E-state index in [0.717, 1.165) is 33.5 Å². The number of benzene rings is 2. The second-order valence-electron chi connectivity index (χ2n) is 8.46. The third-order valence-corrected chi connectivity index (χ3v) is 6.46. The Morgan fingerprint density at radius 3 is 2.38 bits per heavy atom. The number of carbonyl (C=O) groups is 1. The lowest BCUT2D eigenvalue weighted by Gasteiger charge is -2.13. The van der Waals surface area contributed by atoms with Gasteiger partial charge in [-0.2, -0.15) is 4.98 Å². The first kappa shape index (κ1) is 21.6. The average Bonchev–Trinajstić information content (AvgIpc) is 3.39. The second kappa shape index (κ2) is 7.98. The molecule has 1 atom stereocenters. The van der Waals surface area contributed by atoms with Crippen molar-refractivity contribution in [3.63, 3.8) is 0 Å². The van der Waals surface area contributed by atoms with E-state index in [9.17, 15) is 14.4 Å². The molecule has 0 saturated heterocycles. The monoisotopic (exact) mass is 455 g/mol. The maximum absolute atomic E-state index is 13.6. The maximum atomic E-state index is 13.6. The predicted molar refractivity (Wildman–Crippen MR) is 132 cm³/mol. The number of hydrogen-bond acceptors (Lipinski definition) is 4. The lowest BCUT2D eigenvalue weighted by atomic mass is 10.1. The molecule has 0 amide bonds. The molecule has 2 aromatic carbocycles. The number of para-hydroxylation sites is 1. The summed E-state index contributed by atoms with van der Waals surface area (Å²) in [5, 5.41) is 0. The van der Waals surface area contributed by atoms with Gasteiger partial charge in [-0.05, 0) is 31.9 Å². The van der Waals surface area contributed by atoms with Crippen LogP contribution in [0.25, 0.3) is 33.9 Å². The van der Waals surface area contributed by atoms with E-state index in [4.69, 9.17) is 4.98 Å². The number of Topliss-reactive ketones (excluding diaryl/α,β-unsaturated/α-hetero) is 1. The van der Waals surface area contributed by atoms with E-state index in [0.29, 0.717) is 5.78 Å². The standard InChI is InChI=1S/C26H25N5O3/c1-5-18-11-9-10-14-20(18)31-21(19-12-7-6-8-13-19)15-29-22-23(27-25(29)31)28(4)26(34)30(24(22)33)16(2)17(3)32/h6-16H,5H2,1-4H3. The van der Waals surface area contributed by atoms with Gasteiger partial charge >= 0.3 is 5.69 Å². The van der Waals surface area contributed by atoms with Crippen molar-refractivity contribution < 1.29 is 4.79 Å². The fraction of sp³-hybridized carbons (Fsp3) is 0.231. The van der Waals surface area contributed by atoms with E-state index in [1.165, 1.54) is 11.5 Å². The fourth-order valence-corrected chi connectivity index (χ4v) is 4.46. The van der Waals surface area contributed by atoms with Crippen LogP contribution in [0.3, 0.4) is 0 Å². The minimum Gasteiger partial charge on any atom is -0.298 e. The number of rotatable bonds is 5. The van der Waals surface area contributed by atoms with Crippen molar-refractivity contribution in [2.24, 2.45) is 7.05 Å². The molecule has 0 spiro atoms. The van der Waals surface area contributed by atoms with Crippen LogP contribution in [0.4, 0.5) is 0 Å². The van der Waals surface area contributed by atoms with Crippen molar-refractivity contribution in [2.75, 3.05) is 0 Å². The molecule has 0 aliphatic carbocycles. The topological polar surface area (TPSA) is 83.3 Å². The molecular formula is C26H25N5O3. The number of aryl methyl sites for hydroxylation is 2. The van der Waals surface area contributed by atoms with Gasteiger partial charge in [-0.15, -0.1) is 0 Å². The first-order valence-corrected chi connectivity index (χ1v) is 11.2. The van der Waals surface area contributed by atoms with Gasteiger partial charge in [0, 0.05) is 18.8 Å². The van der Waals surface area contributed by atoms with Crippen molar-refractivity contribution in [3.05, 3.63) is 87.2 Å². The SMILES string of the molecule is CCc1ccccc1-n1c(-c2ccccc2)cn2c3c(=O)n(C(C)C(C)=O)c(=O)n(C)c3nc12. The highest BCUT2D eigenvalue weighted by Gasteiger charge is 2.25. The van der Waals surface area contributed by atoms with Crippen molar-refractivity contribution in [1.82, 2.24) is 23.1 Å². The van der Waals surface area contributed by atoms with Crippen LogP contribution in [0.5, 0.6) is 0 Å². The molecule has 34 heavy (non-hydrogen) atoms. The normalized spacial score (nSPS) is 12.5. The molecule has 3 aromatic heterocycles. The van der Waals surface area contributed by atoms with Gasteiger partial charge in [0.15, 0.2) is 16.9 Å².